The van der Waals surface area contributed by atoms with Crippen LogP contribution < -0.4 is 10.4 Å². The number of ether oxygens (including phenoxy) is 1. The van der Waals surface area contributed by atoms with E-state index in [1.165, 1.54) is 0 Å². The predicted octanol–water partition coefficient (Wildman–Crippen LogP) is 4.96. The predicted molar refractivity (Wildman–Crippen MR) is 102 cm³/mol. The minimum atomic E-state index is -0.287. The molecule has 0 radical (unpaired) electrons. The summed E-state index contributed by atoms with van der Waals surface area (Å²) in [6.45, 7) is 10.2. The molecule has 3 heteroatoms. The summed E-state index contributed by atoms with van der Waals surface area (Å²) in [5.74, 6) is 0.730. The van der Waals surface area contributed by atoms with Crippen molar-refractivity contribution < 1.29 is 9.15 Å². The zero-order valence-corrected chi connectivity index (χ0v) is 14.9. The van der Waals surface area contributed by atoms with Crippen LogP contribution in [0.5, 0.6) is 5.75 Å². The van der Waals surface area contributed by atoms with Crippen LogP contribution in [-0.2, 0) is 6.42 Å². The van der Waals surface area contributed by atoms with Crippen LogP contribution in [-0.4, -0.2) is 6.61 Å². The molecule has 0 saturated heterocycles. The van der Waals surface area contributed by atoms with E-state index in [4.69, 9.17) is 9.15 Å². The summed E-state index contributed by atoms with van der Waals surface area (Å²) in [5.41, 5.74) is 4.86. The molecule has 2 aromatic carbocycles. The monoisotopic (exact) mass is 334 g/mol. The van der Waals surface area contributed by atoms with Gasteiger partial charge in [0.1, 0.15) is 17.9 Å². The van der Waals surface area contributed by atoms with Crippen LogP contribution in [0.2, 0.25) is 0 Å². The second-order valence-electron chi connectivity index (χ2n) is 6.54. The maximum absolute atomic E-state index is 12.5. The summed E-state index contributed by atoms with van der Waals surface area (Å²) in [4.78, 5) is 12.5. The van der Waals surface area contributed by atoms with Gasteiger partial charge in [-0.1, -0.05) is 36.9 Å². The molecule has 1 heterocycles. The lowest BCUT2D eigenvalue weighted by molar-refractivity contribution is 0.356. The molecule has 0 fully saturated rings. The molecular weight excluding hydrogens is 312 g/mol. The molecule has 0 atom stereocenters. The number of aryl methyl sites for hydroxylation is 2. The van der Waals surface area contributed by atoms with Crippen LogP contribution >= 0.6 is 0 Å². The molecule has 3 rings (SSSR count). The SMILES string of the molecule is C=C(C)COc1cc(C)cc2oc(=O)c(Cc3ccccc3)c(C)c12. The van der Waals surface area contributed by atoms with Gasteiger partial charge in [-0.15, -0.1) is 0 Å². The van der Waals surface area contributed by atoms with Gasteiger partial charge in [-0.2, -0.15) is 0 Å². The summed E-state index contributed by atoms with van der Waals surface area (Å²) in [6, 6.07) is 13.8. The Kier molecular flexibility index (Phi) is 4.75. The molecular formula is C22H22O3. The lowest BCUT2D eigenvalue weighted by atomic mass is 9.98. The molecule has 25 heavy (non-hydrogen) atoms. The summed E-state index contributed by atoms with van der Waals surface area (Å²) in [6.07, 6.45) is 0.540. The molecule has 0 aliphatic rings. The molecule has 0 unspecified atom stereocenters. The first-order valence-electron chi connectivity index (χ1n) is 8.33. The molecule has 0 saturated carbocycles. The van der Waals surface area contributed by atoms with Crippen molar-refractivity contribution in [2.45, 2.75) is 27.2 Å². The average Bonchev–Trinajstić information content (AvgIpc) is 2.57. The second kappa shape index (κ2) is 6.98. The number of hydrogen-bond donors (Lipinski definition) is 0. The van der Waals surface area contributed by atoms with E-state index in [9.17, 15) is 4.79 Å². The highest BCUT2D eigenvalue weighted by atomic mass is 16.5. The van der Waals surface area contributed by atoms with E-state index in [2.05, 4.69) is 6.58 Å². The van der Waals surface area contributed by atoms with Gasteiger partial charge in [0.2, 0.25) is 0 Å². The standard InChI is InChI=1S/C22H22O3/c1-14(2)13-24-19-10-15(3)11-20-21(19)16(4)18(22(23)25-20)12-17-8-6-5-7-9-17/h5-11H,1,12-13H2,2-4H3. The quantitative estimate of drug-likeness (QED) is 0.489. The van der Waals surface area contributed by atoms with E-state index in [1.54, 1.807) is 0 Å². The minimum absolute atomic E-state index is 0.287. The van der Waals surface area contributed by atoms with Crippen molar-refractivity contribution in [1.29, 1.82) is 0 Å². The molecule has 0 N–H and O–H groups in total. The van der Waals surface area contributed by atoms with Crippen LogP contribution in [0.4, 0.5) is 0 Å². The van der Waals surface area contributed by atoms with Crippen LogP contribution in [0.15, 0.2) is 63.8 Å². The van der Waals surface area contributed by atoms with Crippen molar-refractivity contribution in [3.8, 4) is 5.75 Å². The molecule has 3 nitrogen and oxygen atoms in total. The molecule has 3 aromatic rings. The number of benzene rings is 2. The van der Waals surface area contributed by atoms with Crippen molar-refractivity contribution in [1.82, 2.24) is 0 Å². The Hall–Kier alpha value is -2.81. The fourth-order valence-corrected chi connectivity index (χ4v) is 2.96. The van der Waals surface area contributed by atoms with Gasteiger partial charge in [0.25, 0.3) is 0 Å². The van der Waals surface area contributed by atoms with E-state index in [1.807, 2.05) is 63.2 Å². The maximum atomic E-state index is 12.5. The Balaban J connectivity index is 2.16. The highest BCUT2D eigenvalue weighted by molar-refractivity contribution is 5.88. The third kappa shape index (κ3) is 3.66. The van der Waals surface area contributed by atoms with Gasteiger partial charge in [-0.3, -0.25) is 0 Å². The van der Waals surface area contributed by atoms with Crippen molar-refractivity contribution in [2.75, 3.05) is 6.61 Å². The van der Waals surface area contributed by atoms with Crippen LogP contribution in [0.1, 0.15) is 29.2 Å². The van der Waals surface area contributed by atoms with Crippen LogP contribution in [0.3, 0.4) is 0 Å². The number of hydrogen-bond acceptors (Lipinski definition) is 3. The first kappa shape index (κ1) is 17.0. The lowest BCUT2D eigenvalue weighted by Crippen LogP contribution is -2.12. The van der Waals surface area contributed by atoms with Crippen LogP contribution in [0, 0.1) is 13.8 Å². The summed E-state index contributed by atoms with van der Waals surface area (Å²) in [7, 11) is 0. The maximum Gasteiger partial charge on any atom is 0.340 e. The van der Waals surface area contributed by atoms with Crippen molar-refractivity contribution >= 4 is 11.0 Å². The van der Waals surface area contributed by atoms with Gasteiger partial charge >= 0.3 is 5.63 Å². The van der Waals surface area contributed by atoms with Crippen molar-refractivity contribution in [3.63, 3.8) is 0 Å². The Morgan fingerprint density at radius 3 is 2.56 bits per heavy atom. The third-order valence-electron chi connectivity index (χ3n) is 4.18. The summed E-state index contributed by atoms with van der Waals surface area (Å²) < 4.78 is 11.5. The topological polar surface area (TPSA) is 39.4 Å². The van der Waals surface area contributed by atoms with Crippen LogP contribution in [0.25, 0.3) is 11.0 Å². The first-order chi connectivity index (χ1) is 12.0. The highest BCUT2D eigenvalue weighted by Gasteiger charge is 2.16. The van der Waals surface area contributed by atoms with Gasteiger partial charge in [0.05, 0.1) is 5.39 Å². The van der Waals surface area contributed by atoms with Gasteiger partial charge in [-0.25, -0.2) is 4.79 Å². The zero-order valence-electron chi connectivity index (χ0n) is 14.9. The molecule has 0 spiro atoms. The molecule has 0 bridgehead atoms. The highest BCUT2D eigenvalue weighted by Crippen LogP contribution is 2.31. The molecule has 0 aliphatic carbocycles. The fraction of sp³-hybridized carbons (Fsp3) is 0.227. The van der Waals surface area contributed by atoms with Gasteiger partial charge in [0, 0.05) is 12.0 Å². The van der Waals surface area contributed by atoms with Gasteiger partial charge in [0.15, 0.2) is 0 Å². The molecule has 1 aromatic heterocycles. The van der Waals surface area contributed by atoms with E-state index in [-0.39, 0.29) is 5.63 Å². The minimum Gasteiger partial charge on any atom is -0.488 e. The zero-order chi connectivity index (χ0) is 18.0. The van der Waals surface area contributed by atoms with Gasteiger partial charge in [-0.05, 0) is 55.2 Å². The summed E-state index contributed by atoms with van der Waals surface area (Å²) >= 11 is 0. The average molecular weight is 334 g/mol. The summed E-state index contributed by atoms with van der Waals surface area (Å²) in [5, 5.41) is 0.859. The Bertz CT molecular complexity index is 982. The lowest BCUT2D eigenvalue weighted by Gasteiger charge is -2.14. The number of fused-ring (bicyclic) bond motifs is 1. The molecule has 0 aliphatic heterocycles. The smallest absolute Gasteiger partial charge is 0.340 e. The van der Waals surface area contributed by atoms with Crippen molar-refractivity contribution in [3.05, 3.63) is 87.3 Å². The Morgan fingerprint density at radius 2 is 1.88 bits per heavy atom. The van der Waals surface area contributed by atoms with E-state index in [0.29, 0.717) is 24.2 Å². The molecule has 0 amide bonds. The first-order valence-corrected chi connectivity index (χ1v) is 8.33. The van der Waals surface area contributed by atoms with E-state index in [0.717, 1.165) is 33.4 Å². The van der Waals surface area contributed by atoms with Crippen molar-refractivity contribution in [2.24, 2.45) is 0 Å². The fourth-order valence-electron chi connectivity index (χ4n) is 2.96. The second-order valence-corrected chi connectivity index (χ2v) is 6.54. The molecule has 128 valence electrons. The largest absolute Gasteiger partial charge is 0.488 e. The van der Waals surface area contributed by atoms with E-state index < -0.39 is 0 Å². The Morgan fingerprint density at radius 1 is 1.16 bits per heavy atom. The normalized spacial score (nSPS) is 10.8. The number of rotatable bonds is 5. The van der Waals surface area contributed by atoms with Gasteiger partial charge < -0.3 is 9.15 Å². The Labute approximate surface area is 147 Å². The van der Waals surface area contributed by atoms with E-state index >= 15 is 0 Å². The third-order valence-corrected chi connectivity index (χ3v) is 4.18.